The van der Waals surface area contributed by atoms with Crippen LogP contribution in [-0.2, 0) is 4.79 Å². The van der Waals surface area contributed by atoms with E-state index in [1.165, 1.54) is 19.3 Å². The van der Waals surface area contributed by atoms with Crippen LogP contribution in [-0.4, -0.2) is 36.5 Å². The fourth-order valence-corrected chi connectivity index (χ4v) is 3.02. The van der Waals surface area contributed by atoms with Gasteiger partial charge in [-0.3, -0.25) is 4.79 Å². The molecule has 18 heavy (non-hydrogen) atoms. The maximum absolute atomic E-state index is 12.1. The van der Waals surface area contributed by atoms with E-state index < -0.39 is 0 Å². The number of nitrogens with one attached hydrogen (secondary N) is 1. The lowest BCUT2D eigenvalue weighted by atomic mass is 9.95. The van der Waals surface area contributed by atoms with Gasteiger partial charge in [-0.25, -0.2) is 0 Å². The van der Waals surface area contributed by atoms with Crippen molar-refractivity contribution in [2.45, 2.75) is 52.0 Å². The summed E-state index contributed by atoms with van der Waals surface area (Å²) in [7, 11) is 0. The molecule has 0 saturated carbocycles. The molecule has 2 atom stereocenters. The SMILES string of the molecule is CC(C)C1CCN(C(=O)CCC2CCCN2)C1.Cl. The molecule has 3 nitrogen and oxygen atoms in total. The average Bonchev–Trinajstić information content (AvgIpc) is 2.96. The number of hydrogen-bond acceptors (Lipinski definition) is 2. The van der Waals surface area contributed by atoms with E-state index in [1.54, 1.807) is 0 Å². The standard InChI is InChI=1S/C14H26N2O.ClH/c1-11(2)12-7-9-16(10-12)14(17)6-5-13-4-3-8-15-13;/h11-13,15H,3-10H2,1-2H3;1H. The third kappa shape index (κ3) is 4.13. The van der Waals surface area contributed by atoms with Crippen molar-refractivity contribution in [3.05, 3.63) is 0 Å². The lowest BCUT2D eigenvalue weighted by Gasteiger charge is -2.19. The van der Waals surface area contributed by atoms with Crippen LogP contribution >= 0.6 is 12.4 Å². The predicted molar refractivity (Wildman–Crippen MR) is 77.0 cm³/mol. The zero-order valence-electron chi connectivity index (χ0n) is 11.7. The zero-order valence-corrected chi connectivity index (χ0v) is 12.5. The Morgan fingerprint density at radius 1 is 1.39 bits per heavy atom. The molecule has 2 aliphatic heterocycles. The highest BCUT2D eigenvalue weighted by atomic mass is 35.5. The summed E-state index contributed by atoms with van der Waals surface area (Å²) >= 11 is 0. The van der Waals surface area contributed by atoms with Crippen molar-refractivity contribution in [1.29, 1.82) is 0 Å². The fraction of sp³-hybridized carbons (Fsp3) is 0.929. The minimum Gasteiger partial charge on any atom is -0.342 e. The summed E-state index contributed by atoms with van der Waals surface area (Å²) < 4.78 is 0. The Hall–Kier alpha value is -0.280. The van der Waals surface area contributed by atoms with Crippen LogP contribution in [0.1, 0.15) is 46.0 Å². The first-order valence-electron chi connectivity index (χ1n) is 7.18. The number of carbonyl (C=O) groups excluding carboxylic acids is 1. The fourth-order valence-electron chi connectivity index (χ4n) is 3.02. The molecule has 2 heterocycles. The topological polar surface area (TPSA) is 32.3 Å². The van der Waals surface area contributed by atoms with Gasteiger partial charge < -0.3 is 10.2 Å². The van der Waals surface area contributed by atoms with Crippen molar-refractivity contribution in [1.82, 2.24) is 10.2 Å². The second kappa shape index (κ2) is 7.34. The summed E-state index contributed by atoms with van der Waals surface area (Å²) in [6.07, 6.45) is 5.50. The Balaban J connectivity index is 0.00000162. The van der Waals surface area contributed by atoms with Crippen molar-refractivity contribution in [3.8, 4) is 0 Å². The monoisotopic (exact) mass is 274 g/mol. The summed E-state index contributed by atoms with van der Waals surface area (Å²) in [5.41, 5.74) is 0. The molecule has 2 aliphatic rings. The molecule has 2 fully saturated rings. The van der Waals surface area contributed by atoms with Crippen molar-refractivity contribution >= 4 is 18.3 Å². The van der Waals surface area contributed by atoms with Gasteiger partial charge in [0.2, 0.25) is 5.91 Å². The quantitative estimate of drug-likeness (QED) is 0.854. The van der Waals surface area contributed by atoms with Crippen molar-refractivity contribution in [2.75, 3.05) is 19.6 Å². The van der Waals surface area contributed by atoms with Crippen molar-refractivity contribution < 1.29 is 4.79 Å². The average molecular weight is 275 g/mol. The molecule has 0 aromatic rings. The highest BCUT2D eigenvalue weighted by Gasteiger charge is 2.28. The highest BCUT2D eigenvalue weighted by Crippen LogP contribution is 2.24. The Bertz CT molecular complexity index is 265. The van der Waals surface area contributed by atoms with Crippen LogP contribution in [0.3, 0.4) is 0 Å². The molecule has 0 radical (unpaired) electrons. The Morgan fingerprint density at radius 2 is 2.17 bits per heavy atom. The molecule has 106 valence electrons. The Labute approximate surface area is 117 Å². The van der Waals surface area contributed by atoms with Crippen LogP contribution < -0.4 is 5.32 Å². The van der Waals surface area contributed by atoms with Gasteiger partial charge >= 0.3 is 0 Å². The molecule has 4 heteroatoms. The number of amides is 1. The van der Waals surface area contributed by atoms with Crippen LogP contribution in [0.15, 0.2) is 0 Å². The van der Waals surface area contributed by atoms with E-state index >= 15 is 0 Å². The first-order valence-corrected chi connectivity index (χ1v) is 7.18. The van der Waals surface area contributed by atoms with E-state index in [1.807, 2.05) is 0 Å². The van der Waals surface area contributed by atoms with E-state index in [0.717, 1.165) is 38.4 Å². The summed E-state index contributed by atoms with van der Waals surface area (Å²) in [5.74, 6) is 1.81. The summed E-state index contributed by atoms with van der Waals surface area (Å²) in [6.45, 7) is 7.65. The van der Waals surface area contributed by atoms with Gasteiger partial charge in [-0.05, 0) is 44.1 Å². The highest BCUT2D eigenvalue weighted by molar-refractivity contribution is 5.85. The van der Waals surface area contributed by atoms with Gasteiger partial charge in [0.25, 0.3) is 0 Å². The van der Waals surface area contributed by atoms with Crippen LogP contribution in [0.25, 0.3) is 0 Å². The van der Waals surface area contributed by atoms with E-state index in [2.05, 4.69) is 24.1 Å². The number of rotatable bonds is 4. The van der Waals surface area contributed by atoms with Gasteiger partial charge in [0, 0.05) is 25.6 Å². The minimum atomic E-state index is 0. The molecule has 2 unspecified atom stereocenters. The van der Waals surface area contributed by atoms with E-state index in [0.29, 0.717) is 17.9 Å². The Morgan fingerprint density at radius 3 is 2.72 bits per heavy atom. The predicted octanol–water partition coefficient (Wildman–Crippen LogP) is 2.44. The van der Waals surface area contributed by atoms with Gasteiger partial charge in [-0.2, -0.15) is 0 Å². The zero-order chi connectivity index (χ0) is 12.3. The van der Waals surface area contributed by atoms with Gasteiger partial charge in [-0.15, -0.1) is 12.4 Å². The third-order valence-corrected chi connectivity index (χ3v) is 4.39. The van der Waals surface area contributed by atoms with Gasteiger partial charge in [0.1, 0.15) is 0 Å². The first kappa shape index (κ1) is 15.8. The lowest BCUT2D eigenvalue weighted by Crippen LogP contribution is -2.31. The number of hydrogen-bond donors (Lipinski definition) is 1. The van der Waals surface area contributed by atoms with Gasteiger partial charge in [0.15, 0.2) is 0 Å². The smallest absolute Gasteiger partial charge is 0.222 e. The van der Waals surface area contributed by atoms with Crippen molar-refractivity contribution in [3.63, 3.8) is 0 Å². The number of likely N-dealkylation sites (tertiary alicyclic amines) is 1. The molecule has 0 spiro atoms. The van der Waals surface area contributed by atoms with E-state index in [4.69, 9.17) is 0 Å². The summed E-state index contributed by atoms with van der Waals surface area (Å²) in [5, 5.41) is 3.46. The van der Waals surface area contributed by atoms with E-state index in [9.17, 15) is 4.79 Å². The molecule has 2 rings (SSSR count). The molecular weight excluding hydrogens is 248 g/mol. The molecule has 0 aromatic carbocycles. The number of carbonyl (C=O) groups is 1. The maximum atomic E-state index is 12.1. The second-order valence-corrected chi connectivity index (χ2v) is 5.96. The second-order valence-electron chi connectivity index (χ2n) is 5.96. The lowest BCUT2D eigenvalue weighted by molar-refractivity contribution is -0.130. The Kier molecular flexibility index (Phi) is 6.44. The maximum Gasteiger partial charge on any atom is 0.222 e. The molecular formula is C14H27ClN2O. The third-order valence-electron chi connectivity index (χ3n) is 4.39. The summed E-state index contributed by atoms with van der Waals surface area (Å²) in [4.78, 5) is 14.2. The normalized spacial score (nSPS) is 27.6. The molecule has 0 aliphatic carbocycles. The van der Waals surface area contributed by atoms with Crippen molar-refractivity contribution in [2.24, 2.45) is 11.8 Å². The summed E-state index contributed by atoms with van der Waals surface area (Å²) in [6, 6.07) is 0.599. The van der Waals surface area contributed by atoms with Crippen LogP contribution in [0, 0.1) is 11.8 Å². The molecule has 2 saturated heterocycles. The number of nitrogens with zero attached hydrogens (tertiary/aromatic N) is 1. The van der Waals surface area contributed by atoms with Crippen LogP contribution in [0.2, 0.25) is 0 Å². The van der Waals surface area contributed by atoms with Gasteiger partial charge in [0.05, 0.1) is 0 Å². The molecule has 1 amide bonds. The van der Waals surface area contributed by atoms with Crippen LogP contribution in [0.5, 0.6) is 0 Å². The minimum absolute atomic E-state index is 0. The molecule has 1 N–H and O–H groups in total. The largest absolute Gasteiger partial charge is 0.342 e. The first-order chi connectivity index (χ1) is 8.16. The van der Waals surface area contributed by atoms with Gasteiger partial charge in [-0.1, -0.05) is 13.8 Å². The van der Waals surface area contributed by atoms with Crippen LogP contribution in [0.4, 0.5) is 0 Å². The van der Waals surface area contributed by atoms with E-state index in [-0.39, 0.29) is 12.4 Å². The molecule has 0 bridgehead atoms. The number of halogens is 1. The molecule has 0 aromatic heterocycles.